The summed E-state index contributed by atoms with van der Waals surface area (Å²) in [6, 6.07) is 7.91. The third kappa shape index (κ3) is 1.91. The van der Waals surface area contributed by atoms with Crippen molar-refractivity contribution in [3.8, 4) is 0 Å². The Balaban J connectivity index is 2.58. The van der Waals surface area contributed by atoms with Crippen LogP contribution in [0.2, 0.25) is 0 Å². The maximum absolute atomic E-state index is 11.6. The molecule has 3 N–H and O–H groups in total. The number of nitrogens with zero attached hydrogens (tertiary/aromatic N) is 1. The van der Waals surface area contributed by atoms with E-state index in [0.29, 0.717) is 0 Å². The molecule has 0 spiro atoms. The average Bonchev–Trinajstić information content (AvgIpc) is 2.80. The maximum Gasteiger partial charge on any atom is 0.256 e. The zero-order valence-corrected chi connectivity index (χ0v) is 10.1. The fraction of sp³-hybridized carbons (Fsp3) is 0.308. The van der Waals surface area contributed by atoms with Crippen molar-refractivity contribution in [3.05, 3.63) is 36.0 Å². The van der Waals surface area contributed by atoms with Gasteiger partial charge in [-0.15, -0.1) is 0 Å². The summed E-state index contributed by atoms with van der Waals surface area (Å²) in [6.45, 7) is 3.95. The molecule has 0 saturated carbocycles. The molecule has 1 aromatic carbocycles. The summed E-state index contributed by atoms with van der Waals surface area (Å²) in [5, 5.41) is 1.15. The van der Waals surface area contributed by atoms with E-state index in [-0.39, 0.29) is 11.9 Å². The van der Waals surface area contributed by atoms with E-state index in [9.17, 15) is 4.79 Å². The lowest BCUT2D eigenvalue weighted by atomic mass is 10.1. The summed E-state index contributed by atoms with van der Waals surface area (Å²) < 4.78 is 1.97. The number of nitrogens with two attached hydrogens (primary N) is 1. The van der Waals surface area contributed by atoms with Crippen molar-refractivity contribution in [2.45, 2.75) is 26.3 Å². The first kappa shape index (κ1) is 11.7. The molecule has 1 aromatic heterocycles. The number of nitrogens with one attached hydrogen (secondary N) is 1. The van der Waals surface area contributed by atoms with Gasteiger partial charge in [-0.25, -0.2) is 5.84 Å². The van der Waals surface area contributed by atoms with E-state index in [1.807, 2.05) is 29.8 Å². The topological polar surface area (TPSA) is 60.0 Å². The molecule has 1 amide bonds. The second-order valence-electron chi connectivity index (χ2n) is 4.12. The van der Waals surface area contributed by atoms with Crippen LogP contribution >= 0.6 is 0 Å². The molecule has 0 radical (unpaired) electrons. The van der Waals surface area contributed by atoms with Gasteiger partial charge >= 0.3 is 0 Å². The van der Waals surface area contributed by atoms with E-state index >= 15 is 0 Å². The van der Waals surface area contributed by atoms with Crippen molar-refractivity contribution < 1.29 is 4.79 Å². The van der Waals surface area contributed by atoms with E-state index < -0.39 is 0 Å². The molecule has 2 aromatic rings. The van der Waals surface area contributed by atoms with Gasteiger partial charge in [-0.2, -0.15) is 0 Å². The number of hydrazine groups is 1. The highest BCUT2D eigenvalue weighted by Gasteiger charge is 2.16. The molecule has 1 unspecified atom stereocenters. The number of hydrogen-bond donors (Lipinski definition) is 2. The Kier molecular flexibility index (Phi) is 3.15. The molecule has 0 bridgehead atoms. The van der Waals surface area contributed by atoms with Crippen molar-refractivity contribution in [3.63, 3.8) is 0 Å². The molecule has 90 valence electrons. The molecule has 4 nitrogen and oxygen atoms in total. The van der Waals surface area contributed by atoms with Gasteiger partial charge in [0.1, 0.15) is 6.04 Å². The summed E-state index contributed by atoms with van der Waals surface area (Å²) >= 11 is 0. The van der Waals surface area contributed by atoms with Crippen molar-refractivity contribution >= 4 is 16.8 Å². The van der Waals surface area contributed by atoms with Crippen molar-refractivity contribution in [1.29, 1.82) is 0 Å². The number of benzene rings is 1. The average molecular weight is 231 g/mol. The zero-order valence-electron chi connectivity index (χ0n) is 10.1. The molecule has 17 heavy (non-hydrogen) atoms. The predicted octanol–water partition coefficient (Wildman–Crippen LogP) is 1.75. The van der Waals surface area contributed by atoms with Crippen LogP contribution in [0.4, 0.5) is 0 Å². The Morgan fingerprint density at radius 2 is 2.24 bits per heavy atom. The second kappa shape index (κ2) is 4.59. The largest absolute Gasteiger partial charge is 0.335 e. The third-order valence-electron chi connectivity index (χ3n) is 3.14. The summed E-state index contributed by atoms with van der Waals surface area (Å²) in [7, 11) is 0. The van der Waals surface area contributed by atoms with Crippen LogP contribution in [0.25, 0.3) is 10.9 Å². The third-order valence-corrected chi connectivity index (χ3v) is 3.14. The van der Waals surface area contributed by atoms with Crippen LogP contribution in [0.3, 0.4) is 0 Å². The smallest absolute Gasteiger partial charge is 0.256 e. The Hall–Kier alpha value is -1.81. The van der Waals surface area contributed by atoms with Gasteiger partial charge < -0.3 is 4.57 Å². The Labute approximate surface area is 100 Å². The summed E-state index contributed by atoms with van der Waals surface area (Å²) in [5.41, 5.74) is 4.55. The molecule has 2 rings (SSSR count). The first-order valence-corrected chi connectivity index (χ1v) is 5.78. The number of aryl methyl sites for hydroxylation is 1. The molecular formula is C13H17N3O. The van der Waals surface area contributed by atoms with E-state index in [1.54, 1.807) is 0 Å². The molecule has 0 aliphatic heterocycles. The normalized spacial score (nSPS) is 12.6. The lowest BCUT2D eigenvalue weighted by molar-refractivity contribution is -0.123. The van der Waals surface area contributed by atoms with E-state index in [0.717, 1.165) is 17.3 Å². The van der Waals surface area contributed by atoms with Gasteiger partial charge in [-0.1, -0.05) is 25.1 Å². The van der Waals surface area contributed by atoms with Crippen LogP contribution in [0.1, 0.15) is 25.5 Å². The maximum atomic E-state index is 11.6. The highest BCUT2D eigenvalue weighted by molar-refractivity contribution is 5.87. The van der Waals surface area contributed by atoms with Gasteiger partial charge in [0.15, 0.2) is 0 Å². The van der Waals surface area contributed by atoms with Crippen LogP contribution < -0.4 is 11.3 Å². The quantitative estimate of drug-likeness (QED) is 0.480. The van der Waals surface area contributed by atoms with Gasteiger partial charge in [-0.05, 0) is 30.4 Å². The van der Waals surface area contributed by atoms with Crippen LogP contribution in [0.15, 0.2) is 30.5 Å². The number of aromatic nitrogens is 1. The lowest BCUT2D eigenvalue weighted by Gasteiger charge is -2.15. The Morgan fingerprint density at radius 1 is 1.47 bits per heavy atom. The molecule has 0 aliphatic rings. The van der Waals surface area contributed by atoms with Gasteiger partial charge in [-0.3, -0.25) is 10.2 Å². The first-order chi connectivity index (χ1) is 8.19. The van der Waals surface area contributed by atoms with Gasteiger partial charge in [0.25, 0.3) is 5.91 Å². The molecule has 0 saturated heterocycles. The molecule has 0 aliphatic carbocycles. The van der Waals surface area contributed by atoms with E-state index in [2.05, 4.69) is 24.5 Å². The van der Waals surface area contributed by atoms with E-state index in [4.69, 9.17) is 5.84 Å². The number of fused-ring (bicyclic) bond motifs is 1. The lowest BCUT2D eigenvalue weighted by Crippen LogP contribution is -2.35. The number of carbonyl (C=O) groups is 1. The summed E-state index contributed by atoms with van der Waals surface area (Å²) in [6.07, 6.45) is 2.88. The molecule has 1 heterocycles. The minimum Gasteiger partial charge on any atom is -0.335 e. The van der Waals surface area contributed by atoms with Gasteiger partial charge in [0, 0.05) is 6.20 Å². The molecule has 4 heteroatoms. The Morgan fingerprint density at radius 3 is 2.88 bits per heavy atom. The second-order valence-corrected chi connectivity index (χ2v) is 4.12. The number of para-hydroxylation sites is 1. The van der Waals surface area contributed by atoms with E-state index in [1.165, 1.54) is 5.56 Å². The fourth-order valence-electron chi connectivity index (χ4n) is 2.15. The van der Waals surface area contributed by atoms with Crippen molar-refractivity contribution in [2.75, 3.05) is 0 Å². The van der Waals surface area contributed by atoms with Crippen LogP contribution in [-0.4, -0.2) is 10.5 Å². The van der Waals surface area contributed by atoms with Gasteiger partial charge in [0.2, 0.25) is 0 Å². The molecular weight excluding hydrogens is 214 g/mol. The summed E-state index contributed by atoms with van der Waals surface area (Å²) in [4.78, 5) is 11.6. The van der Waals surface area contributed by atoms with Crippen LogP contribution in [-0.2, 0) is 11.2 Å². The first-order valence-electron chi connectivity index (χ1n) is 5.78. The highest BCUT2D eigenvalue weighted by atomic mass is 16.2. The monoisotopic (exact) mass is 231 g/mol. The molecule has 1 atom stereocenters. The summed E-state index contributed by atoms with van der Waals surface area (Å²) in [5.74, 6) is 4.99. The van der Waals surface area contributed by atoms with Crippen molar-refractivity contribution in [1.82, 2.24) is 9.99 Å². The number of amides is 1. The predicted molar refractivity (Wildman–Crippen MR) is 68.4 cm³/mol. The van der Waals surface area contributed by atoms with Crippen molar-refractivity contribution in [2.24, 2.45) is 5.84 Å². The highest BCUT2D eigenvalue weighted by Crippen LogP contribution is 2.24. The fourth-order valence-corrected chi connectivity index (χ4v) is 2.15. The number of rotatable bonds is 3. The number of hydrogen-bond acceptors (Lipinski definition) is 2. The molecule has 0 fully saturated rings. The standard InChI is InChI=1S/C13H17N3O/c1-3-10-5-4-6-11-7-8-16(12(10)11)9(2)13(17)15-14/h4-9H,3,14H2,1-2H3,(H,15,17). The minimum absolute atomic E-state index is 0.187. The SMILES string of the molecule is CCc1cccc2ccn(C(C)C(=O)NN)c12. The minimum atomic E-state index is -0.301. The van der Waals surface area contributed by atoms with Crippen LogP contribution in [0.5, 0.6) is 0 Å². The van der Waals surface area contributed by atoms with Gasteiger partial charge in [0.05, 0.1) is 5.52 Å². The zero-order chi connectivity index (χ0) is 12.4. The Bertz CT molecular complexity index is 545. The number of carbonyl (C=O) groups excluding carboxylic acids is 1. The van der Waals surface area contributed by atoms with Crippen LogP contribution in [0, 0.1) is 0 Å².